The summed E-state index contributed by atoms with van der Waals surface area (Å²) in [7, 11) is 0. The monoisotopic (exact) mass is 678 g/mol. The molecule has 1 radical (unpaired) electrons. The summed E-state index contributed by atoms with van der Waals surface area (Å²) in [6.45, 7) is 2.62. The van der Waals surface area contributed by atoms with E-state index in [-0.39, 0.29) is 24.8 Å². The minimum absolute atomic E-state index is 0.190. The molecule has 2 aliphatic carbocycles. The molecule has 10 nitrogen and oxygen atoms in total. The van der Waals surface area contributed by atoms with Crippen molar-refractivity contribution in [3.63, 3.8) is 0 Å². The Labute approximate surface area is 292 Å². The van der Waals surface area contributed by atoms with Crippen LogP contribution < -0.4 is 22.9 Å². The number of hydrogen-bond acceptors (Lipinski definition) is 9. The summed E-state index contributed by atoms with van der Waals surface area (Å²) >= 11 is 0. The summed E-state index contributed by atoms with van der Waals surface area (Å²) < 4.78 is 0. The van der Waals surface area contributed by atoms with Crippen molar-refractivity contribution in [1.82, 2.24) is 4.90 Å². The second kappa shape index (κ2) is 17.9. The molecule has 271 valence electrons. The van der Waals surface area contributed by atoms with Gasteiger partial charge in [0, 0.05) is 12.5 Å². The third kappa shape index (κ3) is 8.08. The molecule has 1 aromatic carbocycles. The van der Waals surface area contributed by atoms with Crippen LogP contribution in [0.25, 0.3) is 0 Å². The van der Waals surface area contributed by atoms with Crippen LogP contribution in [-0.4, -0.2) is 71.2 Å². The Kier molecular flexibility index (Phi) is 14.3. The number of nitrogens with two attached hydrogens (primary N) is 4. The lowest BCUT2D eigenvalue weighted by Gasteiger charge is -2.51. The number of ketones is 3. The van der Waals surface area contributed by atoms with E-state index in [9.17, 15) is 14.4 Å². The Bertz CT molecular complexity index is 1280. The molecular formula is C39H60N5O5. The number of hydrogen-bond donors (Lipinski definition) is 4. The molecule has 1 aliphatic heterocycles. The third-order valence-electron chi connectivity index (χ3n) is 11.9. The van der Waals surface area contributed by atoms with Crippen LogP contribution in [-0.2, 0) is 24.0 Å². The van der Waals surface area contributed by atoms with Crippen molar-refractivity contribution >= 4 is 29.5 Å². The van der Waals surface area contributed by atoms with Gasteiger partial charge in [-0.15, -0.1) is 0 Å². The van der Waals surface area contributed by atoms with Crippen LogP contribution in [0.3, 0.4) is 0 Å². The molecule has 0 spiro atoms. The first kappa shape index (κ1) is 39.0. The van der Waals surface area contributed by atoms with E-state index in [1.807, 2.05) is 43.5 Å². The van der Waals surface area contributed by atoms with Gasteiger partial charge in [0.25, 0.3) is 0 Å². The summed E-state index contributed by atoms with van der Waals surface area (Å²) in [6, 6.07) is 6.09. The maximum absolute atomic E-state index is 15.7. The zero-order valence-corrected chi connectivity index (χ0v) is 29.6. The lowest BCUT2D eigenvalue weighted by molar-refractivity contribution is -0.160. The van der Waals surface area contributed by atoms with E-state index in [2.05, 4.69) is 0 Å². The molecule has 49 heavy (non-hydrogen) atoms. The highest BCUT2D eigenvalue weighted by molar-refractivity contribution is 6.23. The second-order valence-electron chi connectivity index (χ2n) is 14.9. The van der Waals surface area contributed by atoms with Gasteiger partial charge < -0.3 is 27.8 Å². The Morgan fingerprint density at radius 1 is 0.857 bits per heavy atom. The Balaban J connectivity index is 1.89. The molecule has 1 aromatic rings. The van der Waals surface area contributed by atoms with Crippen molar-refractivity contribution in [2.75, 3.05) is 13.1 Å². The van der Waals surface area contributed by atoms with Gasteiger partial charge in [-0.3, -0.25) is 24.0 Å². The number of rotatable bonds is 18. The molecule has 8 N–H and O–H groups in total. The summed E-state index contributed by atoms with van der Waals surface area (Å²) in [5.74, 6) is -3.71. The quantitative estimate of drug-likeness (QED) is 0.131. The SMILES string of the molecule is CCC(C(=O)C(C(=O)[C@@H]1CCCN1C(=O)C(N)CCCCN)(C1CCCCC1)[C@](N)([C]=O)C(=O)[C@H](N)CC1CCCCC1)c1ccccc1. The van der Waals surface area contributed by atoms with Gasteiger partial charge in [-0.1, -0.05) is 95.0 Å². The fourth-order valence-electron chi connectivity index (χ4n) is 9.22. The zero-order valence-electron chi connectivity index (χ0n) is 29.6. The standard InChI is InChI=1S/C39H60N5O5/c1-2-30(28-17-8-4-9-18-28)34(46)39(29-19-10-5-11-20-29,38(43,26-45)35(47)32(42)25-27-15-6-3-7-16-27)36(48)33-22-14-24-44(33)37(49)31(41)21-12-13-23-40/h4,8-9,17-18,27,29-33H,2-3,5-7,10-16,19-25,40-43H2,1H3/t30?,31?,32-,33+,38+,39?/m1/s1. The van der Waals surface area contributed by atoms with E-state index < -0.39 is 58.3 Å². The highest BCUT2D eigenvalue weighted by Gasteiger charge is 2.69. The van der Waals surface area contributed by atoms with Gasteiger partial charge in [0.05, 0.1) is 18.1 Å². The summed E-state index contributed by atoms with van der Waals surface area (Å²) in [4.78, 5) is 74.9. The number of carbonyl (C=O) groups is 4. The molecule has 1 heterocycles. The van der Waals surface area contributed by atoms with Crippen LogP contribution in [0, 0.1) is 17.3 Å². The van der Waals surface area contributed by atoms with Crippen LogP contribution in [0.2, 0.25) is 0 Å². The molecule has 3 unspecified atom stereocenters. The van der Waals surface area contributed by atoms with E-state index in [0.717, 1.165) is 38.5 Å². The highest BCUT2D eigenvalue weighted by atomic mass is 16.2. The fourth-order valence-corrected chi connectivity index (χ4v) is 9.22. The number of Topliss-reactive ketones (excluding diaryl/α,β-unsaturated/α-hetero) is 3. The Morgan fingerprint density at radius 3 is 2.08 bits per heavy atom. The van der Waals surface area contributed by atoms with E-state index in [4.69, 9.17) is 22.9 Å². The molecule has 6 atom stereocenters. The number of unbranched alkanes of at least 4 members (excludes halogenated alkanes) is 1. The number of benzene rings is 1. The van der Waals surface area contributed by atoms with Crippen LogP contribution in [0.1, 0.15) is 128 Å². The van der Waals surface area contributed by atoms with Gasteiger partial charge in [-0.25, -0.2) is 0 Å². The molecule has 1 saturated heterocycles. The maximum Gasteiger partial charge on any atom is 0.240 e. The van der Waals surface area contributed by atoms with Gasteiger partial charge in [0.15, 0.2) is 22.9 Å². The van der Waals surface area contributed by atoms with Crippen molar-refractivity contribution in [1.29, 1.82) is 0 Å². The topological polar surface area (TPSA) is 193 Å². The second-order valence-corrected chi connectivity index (χ2v) is 14.9. The normalized spacial score (nSPS) is 23.5. The zero-order chi connectivity index (χ0) is 35.6. The van der Waals surface area contributed by atoms with Gasteiger partial charge in [-0.05, 0) is 75.3 Å². The highest BCUT2D eigenvalue weighted by Crippen LogP contribution is 2.52. The molecule has 10 heteroatoms. The van der Waals surface area contributed by atoms with E-state index in [0.29, 0.717) is 76.3 Å². The fraction of sp³-hybridized carbons (Fsp3) is 0.718. The average molecular weight is 679 g/mol. The number of nitrogens with zero attached hydrogens (tertiary/aromatic N) is 1. The largest absolute Gasteiger partial charge is 0.331 e. The van der Waals surface area contributed by atoms with Gasteiger partial charge >= 0.3 is 0 Å². The first-order valence-electron chi connectivity index (χ1n) is 19.0. The van der Waals surface area contributed by atoms with Crippen LogP contribution >= 0.6 is 0 Å². The predicted molar refractivity (Wildman–Crippen MR) is 191 cm³/mol. The van der Waals surface area contributed by atoms with Crippen molar-refractivity contribution < 1.29 is 24.0 Å². The average Bonchev–Trinajstić information content (AvgIpc) is 3.63. The minimum atomic E-state index is -2.64. The number of likely N-dealkylation sites (tertiary alicyclic amines) is 1. The van der Waals surface area contributed by atoms with Crippen molar-refractivity contribution in [2.24, 2.45) is 40.2 Å². The third-order valence-corrected chi connectivity index (χ3v) is 11.9. The van der Waals surface area contributed by atoms with Crippen molar-refractivity contribution in [3.8, 4) is 0 Å². The maximum atomic E-state index is 15.7. The molecule has 3 aliphatic rings. The molecule has 0 bridgehead atoms. The number of amides is 1. The lowest BCUT2D eigenvalue weighted by Crippen LogP contribution is -2.76. The van der Waals surface area contributed by atoms with Crippen LogP contribution in [0.4, 0.5) is 0 Å². The van der Waals surface area contributed by atoms with Crippen molar-refractivity contribution in [2.45, 2.75) is 146 Å². The number of carbonyl (C=O) groups excluding carboxylic acids is 5. The Hall–Kier alpha value is -2.79. The van der Waals surface area contributed by atoms with Crippen molar-refractivity contribution in [3.05, 3.63) is 35.9 Å². The van der Waals surface area contributed by atoms with Crippen LogP contribution in [0.15, 0.2) is 30.3 Å². The molecule has 3 fully saturated rings. The van der Waals surface area contributed by atoms with Gasteiger partial charge in [0.1, 0.15) is 5.41 Å². The minimum Gasteiger partial charge on any atom is -0.331 e. The molecule has 2 saturated carbocycles. The Morgan fingerprint density at radius 2 is 1.49 bits per heavy atom. The molecule has 0 aromatic heterocycles. The smallest absolute Gasteiger partial charge is 0.240 e. The first-order valence-corrected chi connectivity index (χ1v) is 19.0. The summed E-state index contributed by atoms with van der Waals surface area (Å²) in [5.41, 5.74) is 21.6. The van der Waals surface area contributed by atoms with E-state index >= 15 is 9.59 Å². The van der Waals surface area contributed by atoms with Crippen LogP contribution in [0.5, 0.6) is 0 Å². The van der Waals surface area contributed by atoms with E-state index in [1.165, 1.54) is 4.90 Å². The molecule has 4 rings (SSSR count). The van der Waals surface area contributed by atoms with Gasteiger partial charge in [0.2, 0.25) is 12.2 Å². The van der Waals surface area contributed by atoms with Gasteiger partial charge in [-0.2, -0.15) is 0 Å². The summed E-state index contributed by atoms with van der Waals surface area (Å²) in [5, 5.41) is 0. The first-order chi connectivity index (χ1) is 23.6. The predicted octanol–water partition coefficient (Wildman–Crippen LogP) is 4.01. The molecular weight excluding hydrogens is 618 g/mol. The van der Waals surface area contributed by atoms with E-state index in [1.54, 1.807) is 0 Å². The molecule has 1 amide bonds. The lowest BCUT2D eigenvalue weighted by atomic mass is 9.50. The summed E-state index contributed by atoms with van der Waals surface area (Å²) in [6.07, 6.45) is 13.3.